The molecule has 1 aromatic rings. The van der Waals surface area contributed by atoms with Gasteiger partial charge in [0.1, 0.15) is 12.4 Å². The monoisotopic (exact) mass is 347 g/mol. The fourth-order valence-electron chi connectivity index (χ4n) is 3.90. The van der Waals surface area contributed by atoms with Gasteiger partial charge in [0.2, 0.25) is 0 Å². The van der Waals surface area contributed by atoms with Gasteiger partial charge in [0.05, 0.1) is 6.61 Å². The van der Waals surface area contributed by atoms with E-state index in [1.54, 1.807) is 4.90 Å². The van der Waals surface area contributed by atoms with Gasteiger partial charge in [-0.3, -0.25) is 4.90 Å². The summed E-state index contributed by atoms with van der Waals surface area (Å²) >= 11 is 0. The van der Waals surface area contributed by atoms with Crippen LogP contribution in [0.5, 0.6) is 5.75 Å². The highest BCUT2D eigenvalue weighted by Crippen LogP contribution is 2.29. The number of hydrogen-bond donors (Lipinski definition) is 1. The second-order valence-electron chi connectivity index (χ2n) is 7.32. The molecule has 3 heterocycles. The molecule has 3 aliphatic heterocycles. The lowest BCUT2D eigenvalue weighted by molar-refractivity contribution is 0.123. The summed E-state index contributed by atoms with van der Waals surface area (Å²) in [6.45, 7) is 4.02. The van der Waals surface area contributed by atoms with Crippen molar-refractivity contribution >= 4 is 6.03 Å². The van der Waals surface area contributed by atoms with E-state index >= 15 is 0 Å². The Bertz CT molecular complexity index is 576. The number of ether oxygens (including phenoxy) is 1. The highest BCUT2D eigenvalue weighted by molar-refractivity contribution is 5.74. The number of fused-ring (bicyclic) bond motifs is 4. The van der Waals surface area contributed by atoms with Gasteiger partial charge in [-0.05, 0) is 36.5 Å². The van der Waals surface area contributed by atoms with Gasteiger partial charge in [0.15, 0.2) is 0 Å². The van der Waals surface area contributed by atoms with Crippen LogP contribution in [0.1, 0.15) is 18.4 Å². The van der Waals surface area contributed by atoms with Crippen LogP contribution in [0.15, 0.2) is 24.3 Å². The molecular weight excluding hydrogens is 318 g/mol. The summed E-state index contributed by atoms with van der Waals surface area (Å²) in [5.41, 5.74) is 1.26. The molecule has 3 saturated heterocycles. The quantitative estimate of drug-likeness (QED) is 0.880. The molecule has 0 saturated carbocycles. The van der Waals surface area contributed by atoms with Gasteiger partial charge >= 0.3 is 6.03 Å². The second-order valence-corrected chi connectivity index (χ2v) is 7.32. The molecule has 0 unspecified atom stereocenters. The van der Waals surface area contributed by atoms with E-state index in [0.29, 0.717) is 18.6 Å². The van der Waals surface area contributed by atoms with Crippen LogP contribution >= 0.6 is 0 Å². The van der Waals surface area contributed by atoms with E-state index in [1.165, 1.54) is 18.4 Å². The molecule has 0 radical (unpaired) electrons. The van der Waals surface area contributed by atoms with Gasteiger partial charge in [-0.15, -0.1) is 0 Å². The first kappa shape index (κ1) is 18.0. The molecule has 2 amide bonds. The number of hydrogen-bond acceptors (Lipinski definition) is 4. The minimum absolute atomic E-state index is 0.0285. The Morgan fingerprint density at radius 1 is 1.20 bits per heavy atom. The van der Waals surface area contributed by atoms with Crippen molar-refractivity contribution in [2.24, 2.45) is 5.92 Å². The molecule has 0 spiro atoms. The Labute approximate surface area is 150 Å². The molecule has 3 fully saturated rings. The average molecular weight is 347 g/mol. The number of nitrogens with zero attached hydrogens (tertiary/aromatic N) is 3. The SMILES string of the molecule is CN(C)C(=O)N1C[C@@H]2CC[C@H](C1)N(Cc1ccc(OCCO)cc1)C2. The van der Waals surface area contributed by atoms with E-state index in [-0.39, 0.29) is 12.6 Å². The number of piperidine rings is 1. The fraction of sp³-hybridized carbons (Fsp3) is 0.632. The third kappa shape index (κ3) is 4.44. The minimum atomic E-state index is 0.0285. The highest BCUT2D eigenvalue weighted by atomic mass is 16.5. The topological polar surface area (TPSA) is 56.3 Å². The Hall–Kier alpha value is -1.79. The summed E-state index contributed by atoms with van der Waals surface area (Å²) in [6, 6.07) is 8.67. The number of amides is 2. The molecule has 1 aromatic carbocycles. The summed E-state index contributed by atoms with van der Waals surface area (Å²) < 4.78 is 5.42. The van der Waals surface area contributed by atoms with E-state index in [1.807, 2.05) is 31.1 Å². The molecule has 2 atom stereocenters. The second kappa shape index (κ2) is 8.06. The summed E-state index contributed by atoms with van der Waals surface area (Å²) in [7, 11) is 3.65. The van der Waals surface area contributed by atoms with Crippen LogP contribution in [0.3, 0.4) is 0 Å². The van der Waals surface area contributed by atoms with Crippen LogP contribution in [-0.2, 0) is 6.54 Å². The van der Waals surface area contributed by atoms with Crippen LogP contribution in [0.4, 0.5) is 4.79 Å². The normalized spacial score (nSPS) is 23.4. The van der Waals surface area contributed by atoms with Crippen LogP contribution in [0.25, 0.3) is 0 Å². The average Bonchev–Trinajstić information content (AvgIpc) is 2.92. The van der Waals surface area contributed by atoms with Gasteiger partial charge < -0.3 is 19.6 Å². The number of aliphatic hydroxyl groups excluding tert-OH is 1. The van der Waals surface area contributed by atoms with Gasteiger partial charge in [-0.1, -0.05) is 12.1 Å². The molecule has 6 nitrogen and oxygen atoms in total. The summed E-state index contributed by atoms with van der Waals surface area (Å²) in [5, 5.41) is 8.82. The van der Waals surface area contributed by atoms with E-state index < -0.39 is 0 Å². The van der Waals surface area contributed by atoms with Crippen molar-refractivity contribution < 1.29 is 14.6 Å². The van der Waals surface area contributed by atoms with Crippen molar-refractivity contribution in [3.05, 3.63) is 29.8 Å². The molecule has 4 rings (SSSR count). The first-order valence-electron chi connectivity index (χ1n) is 9.09. The van der Waals surface area contributed by atoms with Crippen molar-refractivity contribution in [2.75, 3.05) is 46.9 Å². The summed E-state index contributed by atoms with van der Waals surface area (Å²) in [4.78, 5) is 18.6. The molecule has 0 aliphatic carbocycles. The number of rotatable bonds is 5. The zero-order valence-corrected chi connectivity index (χ0v) is 15.2. The Morgan fingerprint density at radius 2 is 1.96 bits per heavy atom. The van der Waals surface area contributed by atoms with E-state index in [9.17, 15) is 4.79 Å². The lowest BCUT2D eigenvalue weighted by Crippen LogP contribution is -2.45. The number of urea groups is 1. The van der Waals surface area contributed by atoms with Gasteiger partial charge in [0.25, 0.3) is 0 Å². The molecule has 6 heteroatoms. The van der Waals surface area contributed by atoms with Crippen molar-refractivity contribution in [2.45, 2.75) is 25.4 Å². The Morgan fingerprint density at radius 3 is 2.64 bits per heavy atom. The zero-order valence-electron chi connectivity index (χ0n) is 15.2. The maximum absolute atomic E-state index is 12.4. The van der Waals surface area contributed by atoms with Crippen molar-refractivity contribution in [1.82, 2.24) is 14.7 Å². The molecule has 2 bridgehead atoms. The predicted octanol–water partition coefficient (Wildman–Crippen LogP) is 1.64. The Kier molecular flexibility index (Phi) is 5.81. The number of carbonyl (C=O) groups excluding carboxylic acids is 1. The molecule has 1 N–H and O–H groups in total. The lowest BCUT2D eigenvalue weighted by atomic mass is 9.94. The van der Waals surface area contributed by atoms with Crippen LogP contribution in [-0.4, -0.2) is 78.8 Å². The molecule has 25 heavy (non-hydrogen) atoms. The maximum atomic E-state index is 12.4. The van der Waals surface area contributed by atoms with Crippen LogP contribution < -0.4 is 4.74 Å². The summed E-state index contributed by atoms with van der Waals surface area (Å²) in [5.74, 6) is 1.35. The van der Waals surface area contributed by atoms with Crippen molar-refractivity contribution in [3.63, 3.8) is 0 Å². The van der Waals surface area contributed by atoms with Crippen molar-refractivity contribution in [1.29, 1.82) is 0 Å². The number of aliphatic hydroxyl groups is 1. The van der Waals surface area contributed by atoms with E-state index in [0.717, 1.165) is 31.9 Å². The summed E-state index contributed by atoms with van der Waals surface area (Å²) in [6.07, 6.45) is 2.38. The third-order valence-corrected chi connectivity index (χ3v) is 5.15. The highest BCUT2D eigenvalue weighted by Gasteiger charge is 2.36. The Balaban J connectivity index is 1.63. The zero-order chi connectivity index (χ0) is 17.8. The third-order valence-electron chi connectivity index (χ3n) is 5.15. The van der Waals surface area contributed by atoms with E-state index in [4.69, 9.17) is 9.84 Å². The van der Waals surface area contributed by atoms with Crippen molar-refractivity contribution in [3.8, 4) is 5.75 Å². The molecular formula is C19H29N3O3. The van der Waals surface area contributed by atoms with E-state index in [2.05, 4.69) is 17.0 Å². The van der Waals surface area contributed by atoms with Gasteiger partial charge in [-0.2, -0.15) is 0 Å². The maximum Gasteiger partial charge on any atom is 0.319 e. The number of carbonyl (C=O) groups is 1. The lowest BCUT2D eigenvalue weighted by Gasteiger charge is -2.36. The fourth-order valence-corrected chi connectivity index (χ4v) is 3.90. The largest absolute Gasteiger partial charge is 0.491 e. The molecule has 3 aliphatic rings. The molecule has 138 valence electrons. The predicted molar refractivity (Wildman–Crippen MR) is 96.6 cm³/mol. The minimum Gasteiger partial charge on any atom is -0.491 e. The van der Waals surface area contributed by atoms with Crippen LogP contribution in [0.2, 0.25) is 0 Å². The first-order chi connectivity index (χ1) is 12.1. The number of benzene rings is 1. The van der Waals surface area contributed by atoms with Crippen LogP contribution in [0, 0.1) is 5.92 Å². The molecule has 0 aromatic heterocycles. The van der Waals surface area contributed by atoms with Gasteiger partial charge in [-0.25, -0.2) is 4.79 Å². The smallest absolute Gasteiger partial charge is 0.319 e. The first-order valence-corrected chi connectivity index (χ1v) is 9.09. The standard InChI is InChI=1S/C19H29N3O3/c1-20(2)19(24)22-13-16-3-6-17(14-22)21(12-16)11-15-4-7-18(8-5-15)25-10-9-23/h4-5,7-8,16-17,23H,3,6,9-14H2,1-2H3/t16-,17-/m1/s1. The van der Waals surface area contributed by atoms with Gasteiger partial charge in [0, 0.05) is 46.3 Å².